The average molecular weight is 398 g/mol. The maximum Gasteiger partial charge on any atom is 0.228 e. The molecule has 4 heterocycles. The molecule has 3 aromatic heterocycles. The van der Waals surface area contributed by atoms with Crippen LogP contribution in [0.3, 0.4) is 0 Å². The molecule has 0 unspecified atom stereocenters. The van der Waals surface area contributed by atoms with Crippen molar-refractivity contribution in [3.05, 3.63) is 77.2 Å². The molecular formula is C23H18N4O3. The standard InChI is InChI=1S/C23H18N4O3/c1-13-5-2-6-14(11-13)21-25-22-20-19(16-9-4-10-29-16)18-15(28)7-3-8-17(18)30-23(20)24-12-27(22)26-21/h2,4-6,9-12,19H,3,7-8H2,1H3/t19-/m0/s1. The van der Waals surface area contributed by atoms with Crippen molar-refractivity contribution in [1.29, 1.82) is 0 Å². The lowest BCUT2D eigenvalue weighted by atomic mass is 9.80. The molecule has 1 aliphatic heterocycles. The second-order valence-corrected chi connectivity index (χ2v) is 7.70. The van der Waals surface area contributed by atoms with Crippen molar-refractivity contribution in [3.8, 4) is 17.3 Å². The summed E-state index contributed by atoms with van der Waals surface area (Å²) >= 11 is 0. The largest absolute Gasteiger partial charge is 0.468 e. The topological polar surface area (TPSA) is 82.5 Å². The van der Waals surface area contributed by atoms with E-state index < -0.39 is 5.92 Å². The monoisotopic (exact) mass is 398 g/mol. The quantitative estimate of drug-likeness (QED) is 0.503. The zero-order chi connectivity index (χ0) is 20.2. The third kappa shape index (κ3) is 2.51. The van der Waals surface area contributed by atoms with Gasteiger partial charge >= 0.3 is 0 Å². The Kier molecular flexibility index (Phi) is 3.65. The molecule has 1 atom stereocenters. The maximum absolute atomic E-state index is 12.9. The molecule has 0 fully saturated rings. The SMILES string of the molecule is Cc1cccc(-c2nc3c4c(ncn3n2)OC2=C(C(=O)CCC2)[C@@H]4c2ccco2)c1. The number of benzene rings is 1. The van der Waals surface area contributed by atoms with Crippen LogP contribution in [-0.2, 0) is 4.79 Å². The van der Waals surface area contributed by atoms with Gasteiger partial charge in [0.25, 0.3) is 0 Å². The smallest absolute Gasteiger partial charge is 0.228 e. The van der Waals surface area contributed by atoms with E-state index in [1.807, 2.05) is 43.3 Å². The van der Waals surface area contributed by atoms with Crippen LogP contribution in [0, 0.1) is 6.92 Å². The van der Waals surface area contributed by atoms with E-state index in [1.54, 1.807) is 17.1 Å². The first-order valence-corrected chi connectivity index (χ1v) is 9.99. The van der Waals surface area contributed by atoms with Gasteiger partial charge in [-0.1, -0.05) is 23.8 Å². The number of ketones is 1. The third-order valence-corrected chi connectivity index (χ3v) is 5.70. The van der Waals surface area contributed by atoms with Crippen molar-refractivity contribution in [1.82, 2.24) is 19.6 Å². The summed E-state index contributed by atoms with van der Waals surface area (Å²) < 4.78 is 13.5. The van der Waals surface area contributed by atoms with Crippen LogP contribution >= 0.6 is 0 Å². The minimum absolute atomic E-state index is 0.0868. The second kappa shape index (κ2) is 6.38. The number of carbonyl (C=O) groups is 1. The minimum atomic E-state index is -0.405. The van der Waals surface area contributed by atoms with Gasteiger partial charge in [0.15, 0.2) is 17.3 Å². The Hall–Kier alpha value is -3.74. The molecule has 2 aliphatic rings. The van der Waals surface area contributed by atoms with Crippen LogP contribution in [0.25, 0.3) is 17.0 Å². The van der Waals surface area contributed by atoms with Gasteiger partial charge in [-0.15, -0.1) is 5.10 Å². The number of allylic oxidation sites excluding steroid dienone is 2. The normalized spacial score (nSPS) is 18.3. The van der Waals surface area contributed by atoms with E-state index in [9.17, 15) is 4.79 Å². The summed E-state index contributed by atoms with van der Waals surface area (Å²) in [6, 6.07) is 11.7. The summed E-state index contributed by atoms with van der Waals surface area (Å²) in [6.07, 6.45) is 5.23. The fraction of sp³-hybridized carbons (Fsp3) is 0.217. The number of nitrogens with zero attached hydrogens (tertiary/aromatic N) is 4. The van der Waals surface area contributed by atoms with E-state index in [0.717, 1.165) is 17.5 Å². The molecule has 0 bridgehead atoms. The Balaban J connectivity index is 1.61. The molecule has 1 aromatic carbocycles. The average Bonchev–Trinajstić information content (AvgIpc) is 3.42. The molecule has 0 N–H and O–H groups in total. The van der Waals surface area contributed by atoms with E-state index in [4.69, 9.17) is 14.1 Å². The number of furan rings is 1. The lowest BCUT2D eigenvalue weighted by molar-refractivity contribution is -0.116. The van der Waals surface area contributed by atoms with Gasteiger partial charge in [-0.05, 0) is 31.5 Å². The summed E-state index contributed by atoms with van der Waals surface area (Å²) in [5.74, 6) is 2.11. The Morgan fingerprint density at radius 1 is 1.17 bits per heavy atom. The van der Waals surface area contributed by atoms with Gasteiger partial charge in [0, 0.05) is 24.0 Å². The minimum Gasteiger partial charge on any atom is -0.468 e. The highest BCUT2D eigenvalue weighted by Crippen LogP contribution is 2.47. The molecule has 148 valence electrons. The molecule has 0 saturated heterocycles. The summed E-state index contributed by atoms with van der Waals surface area (Å²) in [5, 5.41) is 4.63. The van der Waals surface area contributed by atoms with Crippen molar-refractivity contribution < 1.29 is 13.9 Å². The first kappa shape index (κ1) is 17.1. The van der Waals surface area contributed by atoms with Crippen molar-refractivity contribution in [2.75, 3.05) is 0 Å². The van der Waals surface area contributed by atoms with Crippen LogP contribution in [-0.4, -0.2) is 25.4 Å². The van der Waals surface area contributed by atoms with E-state index in [2.05, 4.69) is 10.1 Å². The van der Waals surface area contributed by atoms with Gasteiger partial charge in [-0.25, -0.2) is 14.5 Å². The Labute approximate surface area is 172 Å². The van der Waals surface area contributed by atoms with Crippen molar-refractivity contribution in [3.63, 3.8) is 0 Å². The lowest BCUT2D eigenvalue weighted by Gasteiger charge is -2.30. The van der Waals surface area contributed by atoms with Gasteiger partial charge in [0.1, 0.15) is 17.8 Å². The summed E-state index contributed by atoms with van der Waals surface area (Å²) in [5.41, 5.74) is 4.03. The number of hydrogen-bond donors (Lipinski definition) is 0. The lowest BCUT2D eigenvalue weighted by Crippen LogP contribution is -2.26. The Bertz CT molecular complexity index is 1330. The van der Waals surface area contributed by atoms with E-state index in [0.29, 0.717) is 52.8 Å². The fourth-order valence-corrected chi connectivity index (χ4v) is 4.36. The highest BCUT2D eigenvalue weighted by atomic mass is 16.5. The zero-order valence-corrected chi connectivity index (χ0v) is 16.3. The maximum atomic E-state index is 12.9. The fourth-order valence-electron chi connectivity index (χ4n) is 4.36. The first-order valence-electron chi connectivity index (χ1n) is 9.99. The van der Waals surface area contributed by atoms with Gasteiger partial charge in [0.05, 0.1) is 17.7 Å². The van der Waals surface area contributed by atoms with Crippen LogP contribution < -0.4 is 4.74 Å². The summed E-state index contributed by atoms with van der Waals surface area (Å²) in [7, 11) is 0. The second-order valence-electron chi connectivity index (χ2n) is 7.70. The van der Waals surface area contributed by atoms with Crippen LogP contribution in [0.2, 0.25) is 0 Å². The molecule has 0 spiro atoms. The highest BCUT2D eigenvalue weighted by molar-refractivity contribution is 5.99. The summed E-state index contributed by atoms with van der Waals surface area (Å²) in [6.45, 7) is 2.03. The molecule has 0 amide bonds. The Morgan fingerprint density at radius 2 is 2.10 bits per heavy atom. The third-order valence-electron chi connectivity index (χ3n) is 5.70. The number of ether oxygens (including phenoxy) is 1. The zero-order valence-electron chi connectivity index (χ0n) is 16.3. The number of hydrogen-bond acceptors (Lipinski definition) is 6. The van der Waals surface area contributed by atoms with Crippen LogP contribution in [0.5, 0.6) is 5.88 Å². The molecule has 1 aliphatic carbocycles. The first-order chi connectivity index (χ1) is 14.7. The van der Waals surface area contributed by atoms with E-state index in [1.165, 1.54) is 0 Å². The van der Waals surface area contributed by atoms with E-state index in [-0.39, 0.29) is 5.78 Å². The van der Waals surface area contributed by atoms with Crippen LogP contribution in [0.1, 0.15) is 42.1 Å². The molecule has 7 heteroatoms. The molecule has 30 heavy (non-hydrogen) atoms. The molecular weight excluding hydrogens is 380 g/mol. The van der Waals surface area contributed by atoms with Gasteiger partial charge in [0.2, 0.25) is 5.88 Å². The van der Waals surface area contributed by atoms with Gasteiger partial charge in [-0.2, -0.15) is 0 Å². The highest BCUT2D eigenvalue weighted by Gasteiger charge is 2.40. The number of carbonyl (C=O) groups excluding carboxylic acids is 1. The van der Waals surface area contributed by atoms with Crippen molar-refractivity contribution >= 4 is 11.4 Å². The molecule has 6 rings (SSSR count). The van der Waals surface area contributed by atoms with Crippen LogP contribution in [0.15, 0.2) is 64.7 Å². The van der Waals surface area contributed by atoms with Crippen LogP contribution in [0.4, 0.5) is 0 Å². The number of aromatic nitrogens is 4. The van der Waals surface area contributed by atoms with Crippen molar-refractivity contribution in [2.24, 2.45) is 0 Å². The van der Waals surface area contributed by atoms with Gasteiger partial charge < -0.3 is 9.15 Å². The summed E-state index contributed by atoms with van der Waals surface area (Å²) in [4.78, 5) is 22.2. The predicted molar refractivity (Wildman–Crippen MR) is 108 cm³/mol. The van der Waals surface area contributed by atoms with Gasteiger partial charge in [-0.3, -0.25) is 4.79 Å². The number of rotatable bonds is 2. The Morgan fingerprint density at radius 3 is 2.93 bits per heavy atom. The number of aryl methyl sites for hydroxylation is 1. The van der Waals surface area contributed by atoms with Crippen molar-refractivity contribution in [2.45, 2.75) is 32.1 Å². The number of fused-ring (bicyclic) bond motifs is 3. The molecule has 0 saturated carbocycles. The predicted octanol–water partition coefficient (Wildman–Crippen LogP) is 4.22. The molecule has 0 radical (unpaired) electrons. The number of Topliss-reactive ketones (excluding diaryl/α,β-unsaturated/α-hetero) is 1. The van der Waals surface area contributed by atoms with E-state index >= 15 is 0 Å². The molecule has 4 aromatic rings. The molecule has 7 nitrogen and oxygen atoms in total.